The molecule has 0 spiro atoms. The molecule has 4 rings (SSSR count). The monoisotopic (exact) mass is 406 g/mol. The first-order chi connectivity index (χ1) is 14.5. The van der Waals surface area contributed by atoms with Gasteiger partial charge in [0, 0.05) is 42.4 Å². The minimum Gasteiger partial charge on any atom is -0.396 e. The van der Waals surface area contributed by atoms with Crippen LogP contribution in [0.2, 0.25) is 0 Å². The zero-order valence-electron chi connectivity index (χ0n) is 17.0. The molecule has 0 radical (unpaired) electrons. The molecule has 2 aliphatic heterocycles. The summed E-state index contributed by atoms with van der Waals surface area (Å²) in [5.41, 5.74) is 0.719. The Labute approximate surface area is 176 Å². The van der Waals surface area contributed by atoms with Crippen molar-refractivity contribution in [3.05, 3.63) is 66.2 Å². The Hall–Kier alpha value is -2.96. The van der Waals surface area contributed by atoms with Crippen LogP contribution in [0.3, 0.4) is 0 Å². The van der Waals surface area contributed by atoms with Gasteiger partial charge in [0.1, 0.15) is 0 Å². The zero-order valence-corrected chi connectivity index (χ0v) is 17.0. The summed E-state index contributed by atoms with van der Waals surface area (Å²) in [5, 5.41) is 20.8. The van der Waals surface area contributed by atoms with E-state index in [1.807, 2.05) is 42.5 Å². The molecule has 2 aliphatic rings. The molecule has 2 amide bonds. The van der Waals surface area contributed by atoms with Crippen LogP contribution in [0.15, 0.2) is 60.7 Å². The van der Waals surface area contributed by atoms with E-state index in [9.17, 15) is 14.7 Å². The topological polar surface area (TPSA) is 81.1 Å². The van der Waals surface area contributed by atoms with E-state index in [0.717, 1.165) is 6.42 Å². The highest BCUT2D eigenvalue weighted by Crippen LogP contribution is 2.49. The molecule has 0 bridgehead atoms. The van der Waals surface area contributed by atoms with Gasteiger partial charge in [0.2, 0.25) is 5.91 Å². The molecule has 2 aromatic rings. The van der Waals surface area contributed by atoms with E-state index >= 15 is 0 Å². The molecule has 2 N–H and O–H groups in total. The molecular weight excluding hydrogens is 380 g/mol. The van der Waals surface area contributed by atoms with Gasteiger partial charge in [0.15, 0.2) is 5.60 Å². The Morgan fingerprint density at radius 2 is 1.90 bits per heavy atom. The third kappa shape index (κ3) is 3.22. The number of aliphatic hydroxyl groups is 2. The molecule has 1 saturated heterocycles. The number of rotatable bonds is 6. The van der Waals surface area contributed by atoms with Crippen molar-refractivity contribution in [3.63, 3.8) is 0 Å². The number of hydrogen-bond acceptors (Lipinski definition) is 4. The minimum absolute atomic E-state index is 0.00351. The maximum Gasteiger partial charge on any atom is 0.268 e. The van der Waals surface area contributed by atoms with E-state index in [1.165, 1.54) is 0 Å². The Bertz CT molecular complexity index is 988. The number of anilines is 3. The van der Waals surface area contributed by atoms with Crippen LogP contribution in [0.25, 0.3) is 0 Å². The van der Waals surface area contributed by atoms with Gasteiger partial charge in [-0.25, -0.2) is 0 Å². The molecule has 2 atom stereocenters. The van der Waals surface area contributed by atoms with E-state index in [0.29, 0.717) is 42.0 Å². The molecule has 2 heterocycles. The fourth-order valence-electron chi connectivity index (χ4n) is 4.30. The first-order valence-electron chi connectivity index (χ1n) is 10.3. The second-order valence-electron chi connectivity index (χ2n) is 7.82. The highest BCUT2D eigenvalue weighted by Gasteiger charge is 2.53. The first-order valence-corrected chi connectivity index (χ1v) is 10.3. The lowest BCUT2D eigenvalue weighted by Gasteiger charge is -2.28. The normalized spacial score (nSPS) is 22.2. The van der Waals surface area contributed by atoms with Crippen LogP contribution in [0.1, 0.15) is 31.7 Å². The number of carbonyl (C=O) groups excluding carboxylic acids is 2. The van der Waals surface area contributed by atoms with E-state index in [4.69, 9.17) is 5.11 Å². The standard InChI is InChI=1S/C24H26N2O4/c1-17(8-5-6-15-27)24(30)20-16-19(25-14-7-11-22(25)28)12-13-21(20)26(23(24)29)18-9-3-2-4-10-18/h2-5,8-10,12-13,16-17,27,30H,6-7,11,14-15H2,1H3/b8-5+/t17-,24+/m0/s1. The van der Waals surface area contributed by atoms with Crippen molar-refractivity contribution in [3.8, 4) is 0 Å². The number of fused-ring (bicyclic) bond motifs is 1. The SMILES string of the molecule is C[C@@H](/C=C/CCO)[C@]1(O)C(=O)N(c2ccccc2)c2ccc(N3CCCC3=O)cc21. The van der Waals surface area contributed by atoms with E-state index in [-0.39, 0.29) is 12.5 Å². The van der Waals surface area contributed by atoms with Crippen LogP contribution < -0.4 is 9.80 Å². The van der Waals surface area contributed by atoms with Crippen molar-refractivity contribution in [2.75, 3.05) is 23.0 Å². The van der Waals surface area contributed by atoms with Gasteiger partial charge in [-0.1, -0.05) is 37.3 Å². The molecule has 156 valence electrons. The highest BCUT2D eigenvalue weighted by molar-refractivity contribution is 6.12. The summed E-state index contributed by atoms with van der Waals surface area (Å²) in [5.74, 6) is -0.887. The fourth-order valence-corrected chi connectivity index (χ4v) is 4.30. The molecule has 0 aromatic heterocycles. The summed E-state index contributed by atoms with van der Waals surface area (Å²) >= 11 is 0. The number of amides is 2. The molecular formula is C24H26N2O4. The van der Waals surface area contributed by atoms with Gasteiger partial charge in [-0.3, -0.25) is 14.5 Å². The second kappa shape index (κ2) is 8.05. The summed E-state index contributed by atoms with van der Waals surface area (Å²) in [6.07, 6.45) is 5.30. The quantitative estimate of drug-likeness (QED) is 0.722. The molecule has 6 heteroatoms. The van der Waals surface area contributed by atoms with Crippen LogP contribution in [-0.2, 0) is 15.2 Å². The summed E-state index contributed by atoms with van der Waals surface area (Å²) in [6, 6.07) is 14.7. The lowest BCUT2D eigenvalue weighted by atomic mass is 9.82. The number of para-hydroxylation sites is 1. The van der Waals surface area contributed by atoms with E-state index < -0.39 is 17.4 Å². The molecule has 0 aliphatic carbocycles. The molecule has 30 heavy (non-hydrogen) atoms. The number of hydrogen-bond donors (Lipinski definition) is 2. The summed E-state index contributed by atoms with van der Waals surface area (Å²) in [6.45, 7) is 2.43. The zero-order chi connectivity index (χ0) is 21.3. The number of nitrogens with zero attached hydrogens (tertiary/aromatic N) is 2. The number of benzene rings is 2. The van der Waals surface area contributed by atoms with Crippen LogP contribution in [-0.4, -0.2) is 35.2 Å². The highest BCUT2D eigenvalue weighted by atomic mass is 16.3. The predicted octanol–water partition coefficient (Wildman–Crippen LogP) is 3.25. The van der Waals surface area contributed by atoms with Crippen LogP contribution in [0.5, 0.6) is 0 Å². The summed E-state index contributed by atoms with van der Waals surface area (Å²) in [7, 11) is 0. The molecule has 2 aromatic carbocycles. The third-order valence-corrected chi connectivity index (χ3v) is 5.94. The van der Waals surface area contributed by atoms with Gasteiger partial charge in [-0.05, 0) is 43.2 Å². The van der Waals surface area contributed by atoms with Crippen LogP contribution in [0.4, 0.5) is 17.1 Å². The van der Waals surface area contributed by atoms with Gasteiger partial charge >= 0.3 is 0 Å². The van der Waals surface area contributed by atoms with Gasteiger partial charge < -0.3 is 15.1 Å². The van der Waals surface area contributed by atoms with Gasteiger partial charge in [0.05, 0.1) is 5.69 Å². The van der Waals surface area contributed by atoms with Crippen LogP contribution in [0, 0.1) is 5.92 Å². The summed E-state index contributed by atoms with van der Waals surface area (Å²) in [4.78, 5) is 29.1. The van der Waals surface area contributed by atoms with Crippen molar-refractivity contribution in [1.82, 2.24) is 0 Å². The lowest BCUT2D eigenvalue weighted by Crippen LogP contribution is -2.42. The number of aliphatic hydroxyl groups excluding tert-OH is 1. The average molecular weight is 406 g/mol. The van der Waals surface area contributed by atoms with Crippen molar-refractivity contribution in [2.24, 2.45) is 5.92 Å². The number of carbonyl (C=O) groups is 2. The van der Waals surface area contributed by atoms with Crippen molar-refractivity contribution in [1.29, 1.82) is 0 Å². The average Bonchev–Trinajstić information content (AvgIpc) is 3.28. The Morgan fingerprint density at radius 1 is 1.13 bits per heavy atom. The molecule has 0 saturated carbocycles. The fraction of sp³-hybridized carbons (Fsp3) is 0.333. The van der Waals surface area contributed by atoms with Crippen molar-refractivity contribution >= 4 is 28.9 Å². The largest absolute Gasteiger partial charge is 0.396 e. The molecule has 6 nitrogen and oxygen atoms in total. The smallest absolute Gasteiger partial charge is 0.268 e. The van der Waals surface area contributed by atoms with Gasteiger partial charge in [-0.2, -0.15) is 0 Å². The predicted molar refractivity (Wildman–Crippen MR) is 116 cm³/mol. The van der Waals surface area contributed by atoms with Gasteiger partial charge in [0.25, 0.3) is 5.91 Å². The Kier molecular flexibility index (Phi) is 5.45. The minimum atomic E-state index is -1.77. The first kappa shape index (κ1) is 20.3. The lowest BCUT2D eigenvalue weighted by molar-refractivity contribution is -0.138. The summed E-state index contributed by atoms with van der Waals surface area (Å²) < 4.78 is 0. The van der Waals surface area contributed by atoms with Crippen LogP contribution >= 0.6 is 0 Å². The van der Waals surface area contributed by atoms with E-state index in [2.05, 4.69) is 0 Å². The second-order valence-corrected chi connectivity index (χ2v) is 7.82. The molecule has 0 unspecified atom stereocenters. The maximum absolute atomic E-state index is 13.6. The van der Waals surface area contributed by atoms with Gasteiger partial charge in [-0.15, -0.1) is 0 Å². The third-order valence-electron chi connectivity index (χ3n) is 5.94. The van der Waals surface area contributed by atoms with Crippen molar-refractivity contribution < 1.29 is 19.8 Å². The maximum atomic E-state index is 13.6. The Morgan fingerprint density at radius 3 is 2.57 bits per heavy atom. The molecule has 1 fully saturated rings. The van der Waals surface area contributed by atoms with Crippen molar-refractivity contribution in [2.45, 2.75) is 31.8 Å². The van der Waals surface area contributed by atoms with E-state index in [1.54, 1.807) is 34.9 Å². The Balaban J connectivity index is 1.83.